The van der Waals surface area contributed by atoms with Gasteiger partial charge in [-0.25, -0.2) is 4.79 Å². The molecule has 1 aromatic carbocycles. The van der Waals surface area contributed by atoms with Gasteiger partial charge in [0.2, 0.25) is 5.91 Å². The van der Waals surface area contributed by atoms with Gasteiger partial charge in [0.05, 0.1) is 6.04 Å². The second-order valence-electron chi connectivity index (χ2n) is 4.20. The Balaban J connectivity index is 2.32. The summed E-state index contributed by atoms with van der Waals surface area (Å²) >= 11 is 0. The van der Waals surface area contributed by atoms with Crippen molar-refractivity contribution in [1.82, 2.24) is 5.32 Å². The number of amides is 2. The lowest BCUT2D eigenvalue weighted by atomic mass is 10.2. The third-order valence-electron chi connectivity index (χ3n) is 2.51. The summed E-state index contributed by atoms with van der Waals surface area (Å²) in [6.07, 6.45) is -0.821. The Morgan fingerprint density at radius 1 is 1.32 bits per heavy atom. The predicted octanol–water partition coefficient (Wildman–Crippen LogP) is 1.01. The van der Waals surface area contributed by atoms with Crippen LogP contribution in [0.3, 0.4) is 0 Å². The molecule has 0 saturated carbocycles. The number of carbonyl (C=O) groups is 2. The maximum absolute atomic E-state index is 11.8. The molecular weight excluding hydrogens is 246 g/mol. The van der Waals surface area contributed by atoms with E-state index in [2.05, 4.69) is 15.4 Å². The molecule has 0 aliphatic rings. The van der Waals surface area contributed by atoms with Gasteiger partial charge in [0.15, 0.2) is 0 Å². The van der Waals surface area contributed by atoms with E-state index in [1.165, 1.54) is 0 Å². The maximum Gasteiger partial charge on any atom is 0.404 e. The fourth-order valence-electron chi connectivity index (χ4n) is 1.41. The van der Waals surface area contributed by atoms with Crippen LogP contribution in [0.1, 0.15) is 12.5 Å². The van der Waals surface area contributed by atoms with Crippen LogP contribution in [0.5, 0.6) is 0 Å². The normalized spacial score (nSPS) is 11.7. The quantitative estimate of drug-likeness (QED) is 0.669. The fourth-order valence-corrected chi connectivity index (χ4v) is 1.41. The zero-order valence-corrected chi connectivity index (χ0v) is 11.1. The van der Waals surface area contributed by atoms with Crippen molar-refractivity contribution in [3.63, 3.8) is 0 Å². The lowest BCUT2D eigenvalue weighted by Crippen LogP contribution is -2.40. The number of hydrogen-bond acceptors (Lipinski definition) is 4. The summed E-state index contributed by atoms with van der Waals surface area (Å²) in [6.45, 7) is 4.21. The number of anilines is 1. The molecule has 1 unspecified atom stereocenters. The molecule has 6 heteroatoms. The van der Waals surface area contributed by atoms with Crippen LogP contribution in [-0.2, 0) is 9.53 Å². The van der Waals surface area contributed by atoms with E-state index < -0.39 is 12.1 Å². The molecule has 0 heterocycles. The van der Waals surface area contributed by atoms with Crippen LogP contribution in [0.25, 0.3) is 0 Å². The van der Waals surface area contributed by atoms with Gasteiger partial charge < -0.3 is 21.1 Å². The summed E-state index contributed by atoms with van der Waals surface area (Å²) in [5.41, 5.74) is 6.70. The monoisotopic (exact) mass is 265 g/mol. The minimum Gasteiger partial charge on any atom is -0.448 e. The highest BCUT2D eigenvalue weighted by Gasteiger charge is 2.11. The van der Waals surface area contributed by atoms with Gasteiger partial charge in [0, 0.05) is 12.2 Å². The molecule has 0 aromatic heterocycles. The molecule has 0 aliphatic heterocycles. The Morgan fingerprint density at radius 3 is 2.53 bits per heavy atom. The van der Waals surface area contributed by atoms with Gasteiger partial charge in [-0.1, -0.05) is 17.7 Å². The third-order valence-corrected chi connectivity index (χ3v) is 2.51. The first kappa shape index (κ1) is 15.0. The smallest absolute Gasteiger partial charge is 0.404 e. The molecule has 1 atom stereocenters. The Labute approximate surface area is 112 Å². The number of ether oxygens (including phenoxy) is 1. The highest BCUT2D eigenvalue weighted by atomic mass is 16.5. The first-order chi connectivity index (χ1) is 8.99. The van der Waals surface area contributed by atoms with E-state index in [1.807, 2.05) is 31.2 Å². The SMILES string of the molecule is Cc1ccc(NC(=O)C(C)NCCOC(N)=O)cc1. The summed E-state index contributed by atoms with van der Waals surface area (Å²) in [5, 5.41) is 5.71. The van der Waals surface area contributed by atoms with Crippen LogP contribution in [0, 0.1) is 6.92 Å². The zero-order chi connectivity index (χ0) is 14.3. The minimum absolute atomic E-state index is 0.136. The van der Waals surface area contributed by atoms with Crippen molar-refractivity contribution in [3.05, 3.63) is 29.8 Å². The van der Waals surface area contributed by atoms with Gasteiger partial charge in [-0.2, -0.15) is 0 Å². The largest absolute Gasteiger partial charge is 0.448 e. The number of rotatable bonds is 6. The molecule has 19 heavy (non-hydrogen) atoms. The number of nitrogens with one attached hydrogen (secondary N) is 2. The molecule has 1 aromatic rings. The van der Waals surface area contributed by atoms with Crippen LogP contribution in [0.15, 0.2) is 24.3 Å². The molecule has 2 amide bonds. The molecule has 0 saturated heterocycles. The van der Waals surface area contributed by atoms with E-state index in [-0.39, 0.29) is 12.5 Å². The average molecular weight is 265 g/mol. The lowest BCUT2D eigenvalue weighted by molar-refractivity contribution is -0.117. The maximum atomic E-state index is 11.8. The summed E-state index contributed by atoms with van der Waals surface area (Å²) < 4.78 is 4.55. The van der Waals surface area contributed by atoms with Crippen molar-refractivity contribution >= 4 is 17.7 Å². The number of carbonyl (C=O) groups excluding carboxylic acids is 2. The second-order valence-corrected chi connectivity index (χ2v) is 4.20. The number of benzene rings is 1. The molecule has 4 N–H and O–H groups in total. The Morgan fingerprint density at radius 2 is 1.95 bits per heavy atom. The average Bonchev–Trinajstić information content (AvgIpc) is 2.36. The third kappa shape index (κ3) is 5.87. The summed E-state index contributed by atoms with van der Waals surface area (Å²) in [5.74, 6) is -0.150. The summed E-state index contributed by atoms with van der Waals surface area (Å²) in [7, 11) is 0. The van der Waals surface area contributed by atoms with Crippen molar-refractivity contribution in [2.75, 3.05) is 18.5 Å². The first-order valence-corrected chi connectivity index (χ1v) is 6.02. The van der Waals surface area contributed by atoms with Gasteiger partial charge in [-0.15, -0.1) is 0 Å². The molecule has 0 radical (unpaired) electrons. The Hall–Kier alpha value is -2.08. The lowest BCUT2D eigenvalue weighted by Gasteiger charge is -2.14. The number of nitrogens with two attached hydrogens (primary N) is 1. The van der Waals surface area contributed by atoms with E-state index in [0.29, 0.717) is 6.54 Å². The topological polar surface area (TPSA) is 93.4 Å². The molecule has 104 valence electrons. The van der Waals surface area contributed by atoms with Crippen LogP contribution in [0.4, 0.5) is 10.5 Å². The summed E-state index contributed by atoms with van der Waals surface area (Å²) in [6, 6.07) is 7.15. The Kier molecular flexibility index (Phi) is 5.81. The van der Waals surface area contributed by atoms with Gasteiger partial charge in [0.1, 0.15) is 6.61 Å². The van der Waals surface area contributed by atoms with Gasteiger partial charge in [-0.05, 0) is 26.0 Å². The molecule has 1 rings (SSSR count). The summed E-state index contributed by atoms with van der Waals surface area (Å²) in [4.78, 5) is 22.2. The van der Waals surface area contributed by atoms with E-state index >= 15 is 0 Å². The predicted molar refractivity (Wildman–Crippen MR) is 72.8 cm³/mol. The number of aryl methyl sites for hydroxylation is 1. The van der Waals surface area contributed by atoms with E-state index in [0.717, 1.165) is 11.3 Å². The molecular formula is C13H19N3O3. The standard InChI is InChI=1S/C13H19N3O3/c1-9-3-5-11(6-4-9)16-12(17)10(2)15-7-8-19-13(14)18/h3-6,10,15H,7-8H2,1-2H3,(H2,14,18)(H,16,17). The van der Waals surface area contributed by atoms with Crippen molar-refractivity contribution in [1.29, 1.82) is 0 Å². The zero-order valence-electron chi connectivity index (χ0n) is 11.1. The highest BCUT2D eigenvalue weighted by Crippen LogP contribution is 2.08. The van der Waals surface area contributed by atoms with Crippen LogP contribution >= 0.6 is 0 Å². The van der Waals surface area contributed by atoms with Crippen LogP contribution in [-0.4, -0.2) is 31.2 Å². The fraction of sp³-hybridized carbons (Fsp3) is 0.385. The molecule has 0 spiro atoms. The highest BCUT2D eigenvalue weighted by molar-refractivity contribution is 5.94. The van der Waals surface area contributed by atoms with Crippen molar-refractivity contribution in [2.24, 2.45) is 5.73 Å². The van der Waals surface area contributed by atoms with Gasteiger partial charge in [-0.3, -0.25) is 4.79 Å². The van der Waals surface area contributed by atoms with Crippen LogP contribution in [0.2, 0.25) is 0 Å². The van der Waals surface area contributed by atoms with Crippen molar-refractivity contribution in [3.8, 4) is 0 Å². The van der Waals surface area contributed by atoms with E-state index in [9.17, 15) is 9.59 Å². The van der Waals surface area contributed by atoms with Crippen molar-refractivity contribution in [2.45, 2.75) is 19.9 Å². The van der Waals surface area contributed by atoms with E-state index in [4.69, 9.17) is 5.73 Å². The number of hydrogen-bond donors (Lipinski definition) is 3. The molecule has 6 nitrogen and oxygen atoms in total. The van der Waals surface area contributed by atoms with E-state index in [1.54, 1.807) is 6.92 Å². The Bertz CT molecular complexity index is 431. The molecule has 0 aliphatic carbocycles. The van der Waals surface area contributed by atoms with Gasteiger partial charge in [0.25, 0.3) is 0 Å². The molecule has 0 fully saturated rings. The van der Waals surface area contributed by atoms with Crippen LogP contribution < -0.4 is 16.4 Å². The molecule has 0 bridgehead atoms. The minimum atomic E-state index is -0.821. The van der Waals surface area contributed by atoms with Crippen molar-refractivity contribution < 1.29 is 14.3 Å². The first-order valence-electron chi connectivity index (χ1n) is 6.02. The number of primary amides is 1. The van der Waals surface area contributed by atoms with Gasteiger partial charge >= 0.3 is 6.09 Å². The second kappa shape index (κ2) is 7.38.